The highest BCUT2D eigenvalue weighted by Gasteiger charge is 2.12. The van der Waals surface area contributed by atoms with Crippen LogP contribution in [0.4, 0.5) is 5.69 Å². The standard InChI is InChI=1S/C14H24N2O2S/c1-3-5-6-12-16-19(17,18)14-9-7-13(8-10-14)15-11-4-2/h7-10,15-16H,3-6,11-12H2,1-2H3. The van der Waals surface area contributed by atoms with Crippen molar-refractivity contribution in [1.82, 2.24) is 4.72 Å². The van der Waals surface area contributed by atoms with E-state index in [1.165, 1.54) is 0 Å². The van der Waals surface area contributed by atoms with Gasteiger partial charge in [-0.25, -0.2) is 13.1 Å². The minimum atomic E-state index is -3.36. The van der Waals surface area contributed by atoms with E-state index < -0.39 is 10.0 Å². The van der Waals surface area contributed by atoms with Gasteiger partial charge in [0.15, 0.2) is 0 Å². The van der Waals surface area contributed by atoms with Crippen LogP contribution in [0.5, 0.6) is 0 Å². The number of hydrogen-bond donors (Lipinski definition) is 2. The van der Waals surface area contributed by atoms with E-state index in [9.17, 15) is 8.42 Å². The summed E-state index contributed by atoms with van der Waals surface area (Å²) in [6, 6.07) is 6.88. The van der Waals surface area contributed by atoms with Crippen LogP contribution in [0.3, 0.4) is 0 Å². The van der Waals surface area contributed by atoms with Gasteiger partial charge in [-0.2, -0.15) is 0 Å². The van der Waals surface area contributed by atoms with Crippen molar-refractivity contribution in [1.29, 1.82) is 0 Å². The SMILES string of the molecule is CCCCCNS(=O)(=O)c1ccc(NCCC)cc1. The first-order valence-electron chi connectivity index (χ1n) is 6.93. The molecule has 0 unspecified atom stereocenters. The van der Waals surface area contributed by atoms with Crippen LogP contribution in [-0.2, 0) is 10.0 Å². The largest absolute Gasteiger partial charge is 0.385 e. The molecule has 0 saturated heterocycles. The topological polar surface area (TPSA) is 58.2 Å². The lowest BCUT2D eigenvalue weighted by Gasteiger charge is -2.08. The predicted octanol–water partition coefficient (Wildman–Crippen LogP) is 2.98. The summed E-state index contributed by atoms with van der Waals surface area (Å²) in [5.41, 5.74) is 0.951. The lowest BCUT2D eigenvalue weighted by molar-refractivity contribution is 0.576. The Hall–Kier alpha value is -1.07. The lowest BCUT2D eigenvalue weighted by atomic mass is 10.3. The molecule has 4 nitrogen and oxygen atoms in total. The number of anilines is 1. The van der Waals surface area contributed by atoms with Crippen molar-refractivity contribution in [2.75, 3.05) is 18.4 Å². The molecule has 1 aromatic carbocycles. The van der Waals surface area contributed by atoms with Crippen LogP contribution in [-0.4, -0.2) is 21.5 Å². The van der Waals surface area contributed by atoms with Crippen LogP contribution in [0, 0.1) is 0 Å². The minimum absolute atomic E-state index is 0.325. The van der Waals surface area contributed by atoms with Gasteiger partial charge in [-0.05, 0) is 37.1 Å². The van der Waals surface area contributed by atoms with Crippen LogP contribution < -0.4 is 10.0 Å². The summed E-state index contributed by atoms with van der Waals surface area (Å²) >= 11 is 0. The molecule has 0 bridgehead atoms. The number of hydrogen-bond acceptors (Lipinski definition) is 3. The van der Waals surface area contributed by atoms with Gasteiger partial charge in [0.25, 0.3) is 0 Å². The van der Waals surface area contributed by atoms with E-state index in [1.54, 1.807) is 24.3 Å². The Labute approximate surface area is 116 Å². The molecule has 0 radical (unpaired) electrons. The van der Waals surface area contributed by atoms with Gasteiger partial charge in [0.2, 0.25) is 10.0 Å². The Morgan fingerprint density at radius 2 is 1.63 bits per heavy atom. The van der Waals surface area contributed by atoms with Crippen molar-refractivity contribution < 1.29 is 8.42 Å². The number of rotatable bonds is 9. The summed E-state index contributed by atoms with van der Waals surface area (Å²) in [5, 5.41) is 3.22. The van der Waals surface area contributed by atoms with Gasteiger partial charge in [0.05, 0.1) is 4.90 Å². The molecule has 0 saturated carbocycles. The molecule has 19 heavy (non-hydrogen) atoms. The summed E-state index contributed by atoms with van der Waals surface area (Å²) in [6.07, 6.45) is 4.05. The average Bonchev–Trinajstić information content (AvgIpc) is 2.42. The van der Waals surface area contributed by atoms with E-state index in [1.807, 2.05) is 0 Å². The molecule has 108 valence electrons. The van der Waals surface area contributed by atoms with Gasteiger partial charge < -0.3 is 5.32 Å². The zero-order valence-corrected chi connectivity index (χ0v) is 12.6. The molecular formula is C14H24N2O2S. The van der Waals surface area contributed by atoms with Gasteiger partial charge in [0.1, 0.15) is 0 Å². The van der Waals surface area contributed by atoms with Crippen LogP contribution in [0.25, 0.3) is 0 Å². The fourth-order valence-corrected chi connectivity index (χ4v) is 2.76. The second-order valence-corrected chi connectivity index (χ2v) is 6.32. The highest BCUT2D eigenvalue weighted by Crippen LogP contribution is 2.14. The third kappa shape index (κ3) is 5.61. The number of sulfonamides is 1. The maximum Gasteiger partial charge on any atom is 0.240 e. The zero-order valence-electron chi connectivity index (χ0n) is 11.8. The van der Waals surface area contributed by atoms with Crippen LogP contribution in [0.2, 0.25) is 0 Å². The molecule has 0 amide bonds. The smallest absolute Gasteiger partial charge is 0.240 e. The van der Waals surface area contributed by atoms with Gasteiger partial charge in [-0.1, -0.05) is 26.7 Å². The Morgan fingerprint density at radius 1 is 0.947 bits per heavy atom. The van der Waals surface area contributed by atoms with Crippen molar-refractivity contribution in [3.05, 3.63) is 24.3 Å². The Bertz CT molecular complexity index is 455. The quantitative estimate of drug-likeness (QED) is 0.685. The van der Waals surface area contributed by atoms with E-state index in [0.717, 1.165) is 37.9 Å². The van der Waals surface area contributed by atoms with Gasteiger partial charge >= 0.3 is 0 Å². The van der Waals surface area contributed by atoms with Crippen LogP contribution in [0.1, 0.15) is 39.5 Å². The number of nitrogens with one attached hydrogen (secondary N) is 2. The van der Waals surface area contributed by atoms with Gasteiger partial charge in [-0.3, -0.25) is 0 Å². The van der Waals surface area contributed by atoms with Crippen LogP contribution in [0.15, 0.2) is 29.2 Å². The molecule has 0 aromatic heterocycles. The Kier molecular flexibility index (Phi) is 6.87. The minimum Gasteiger partial charge on any atom is -0.385 e. The average molecular weight is 284 g/mol. The highest BCUT2D eigenvalue weighted by atomic mass is 32.2. The van der Waals surface area contributed by atoms with E-state index in [-0.39, 0.29) is 0 Å². The first-order valence-corrected chi connectivity index (χ1v) is 8.42. The Balaban J connectivity index is 2.58. The van der Waals surface area contributed by atoms with Gasteiger partial charge in [0, 0.05) is 18.8 Å². The zero-order chi connectivity index (χ0) is 14.1. The molecular weight excluding hydrogens is 260 g/mol. The summed E-state index contributed by atoms with van der Waals surface area (Å²) in [5.74, 6) is 0. The summed E-state index contributed by atoms with van der Waals surface area (Å²) in [6.45, 7) is 5.58. The van der Waals surface area contributed by atoms with Crippen molar-refractivity contribution in [2.45, 2.75) is 44.4 Å². The van der Waals surface area contributed by atoms with E-state index >= 15 is 0 Å². The van der Waals surface area contributed by atoms with Crippen LogP contribution >= 0.6 is 0 Å². The maximum absolute atomic E-state index is 12.0. The molecule has 1 aromatic rings. The first kappa shape index (κ1) is 16.0. The molecule has 5 heteroatoms. The van der Waals surface area contributed by atoms with Gasteiger partial charge in [-0.15, -0.1) is 0 Å². The predicted molar refractivity (Wildman–Crippen MR) is 79.9 cm³/mol. The lowest BCUT2D eigenvalue weighted by Crippen LogP contribution is -2.24. The highest BCUT2D eigenvalue weighted by molar-refractivity contribution is 7.89. The molecule has 0 spiro atoms. The fourth-order valence-electron chi connectivity index (χ4n) is 1.69. The first-order chi connectivity index (χ1) is 9.10. The number of benzene rings is 1. The van der Waals surface area contributed by atoms with E-state index in [4.69, 9.17) is 0 Å². The molecule has 1 rings (SSSR count). The molecule has 0 heterocycles. The number of unbranched alkanes of at least 4 members (excludes halogenated alkanes) is 2. The third-order valence-electron chi connectivity index (χ3n) is 2.82. The molecule has 2 N–H and O–H groups in total. The van der Waals surface area contributed by atoms with E-state index in [2.05, 4.69) is 23.9 Å². The molecule has 0 fully saturated rings. The molecule has 0 atom stereocenters. The fraction of sp³-hybridized carbons (Fsp3) is 0.571. The van der Waals surface area contributed by atoms with Crippen molar-refractivity contribution >= 4 is 15.7 Å². The third-order valence-corrected chi connectivity index (χ3v) is 4.29. The summed E-state index contributed by atoms with van der Waals surface area (Å²) < 4.78 is 26.6. The normalized spacial score (nSPS) is 11.5. The molecule has 0 aliphatic heterocycles. The second-order valence-electron chi connectivity index (χ2n) is 4.56. The Morgan fingerprint density at radius 3 is 2.21 bits per heavy atom. The van der Waals surface area contributed by atoms with E-state index in [0.29, 0.717) is 11.4 Å². The molecule has 0 aliphatic rings. The maximum atomic E-state index is 12.0. The van der Waals surface area contributed by atoms with Crippen molar-refractivity contribution in [3.8, 4) is 0 Å². The van der Waals surface area contributed by atoms with Crippen molar-refractivity contribution in [3.63, 3.8) is 0 Å². The molecule has 0 aliphatic carbocycles. The summed E-state index contributed by atoms with van der Waals surface area (Å²) in [7, 11) is -3.36. The van der Waals surface area contributed by atoms with Crippen molar-refractivity contribution in [2.24, 2.45) is 0 Å². The monoisotopic (exact) mass is 284 g/mol. The summed E-state index contributed by atoms with van der Waals surface area (Å²) in [4.78, 5) is 0.325. The second kappa shape index (κ2) is 8.17.